The first-order valence-electron chi connectivity index (χ1n) is 10.6. The molecule has 3 aromatic rings. The number of carbonyl (C=O) groups excluding carboxylic acids is 1. The van der Waals surface area contributed by atoms with Crippen molar-refractivity contribution in [2.45, 2.75) is 31.6 Å². The van der Waals surface area contributed by atoms with Crippen molar-refractivity contribution in [1.82, 2.24) is 14.7 Å². The topological polar surface area (TPSA) is 56.6 Å². The minimum atomic E-state index is -0.312. The SMILES string of the molecule is O=C(c1cccc(-n2nccc2-c2ccccc2)c1)N1CCCCC1C1OCCO1. The first-order chi connectivity index (χ1) is 14.8. The molecule has 2 fully saturated rings. The summed E-state index contributed by atoms with van der Waals surface area (Å²) in [7, 11) is 0. The third kappa shape index (κ3) is 3.64. The van der Waals surface area contributed by atoms with E-state index in [9.17, 15) is 4.79 Å². The van der Waals surface area contributed by atoms with E-state index in [0.29, 0.717) is 18.8 Å². The molecule has 6 nitrogen and oxygen atoms in total. The van der Waals surface area contributed by atoms with Crippen molar-refractivity contribution < 1.29 is 14.3 Å². The van der Waals surface area contributed by atoms with E-state index in [1.165, 1.54) is 0 Å². The van der Waals surface area contributed by atoms with Crippen LogP contribution in [0, 0.1) is 0 Å². The number of rotatable bonds is 4. The van der Waals surface area contributed by atoms with E-state index in [1.54, 1.807) is 6.20 Å². The molecule has 0 spiro atoms. The molecule has 2 aliphatic rings. The number of amides is 1. The van der Waals surface area contributed by atoms with Gasteiger partial charge in [-0.25, -0.2) is 4.68 Å². The molecule has 0 aliphatic carbocycles. The average molecular weight is 403 g/mol. The molecule has 3 heterocycles. The quantitative estimate of drug-likeness (QED) is 0.663. The van der Waals surface area contributed by atoms with Crippen LogP contribution in [-0.2, 0) is 9.47 Å². The Balaban J connectivity index is 1.44. The molecule has 30 heavy (non-hydrogen) atoms. The molecule has 6 heteroatoms. The van der Waals surface area contributed by atoms with Crippen LogP contribution in [0.1, 0.15) is 29.6 Å². The van der Waals surface area contributed by atoms with Gasteiger partial charge >= 0.3 is 0 Å². The fraction of sp³-hybridized carbons (Fsp3) is 0.333. The zero-order chi connectivity index (χ0) is 20.3. The van der Waals surface area contributed by atoms with Crippen molar-refractivity contribution in [1.29, 1.82) is 0 Å². The predicted octanol–water partition coefficient (Wildman–Crippen LogP) is 3.91. The molecule has 1 amide bonds. The summed E-state index contributed by atoms with van der Waals surface area (Å²) in [6.07, 6.45) is 4.48. The summed E-state index contributed by atoms with van der Waals surface area (Å²) in [4.78, 5) is 15.4. The van der Waals surface area contributed by atoms with Gasteiger partial charge in [-0.05, 0) is 43.5 Å². The van der Waals surface area contributed by atoms with E-state index in [0.717, 1.165) is 42.8 Å². The van der Waals surface area contributed by atoms with Gasteiger partial charge in [-0.1, -0.05) is 36.4 Å². The second-order valence-corrected chi connectivity index (χ2v) is 7.72. The number of ether oxygens (including phenoxy) is 2. The highest BCUT2D eigenvalue weighted by Crippen LogP contribution is 2.27. The van der Waals surface area contributed by atoms with E-state index in [4.69, 9.17) is 9.47 Å². The normalized spacial score (nSPS) is 19.9. The van der Waals surface area contributed by atoms with Crippen molar-refractivity contribution in [3.8, 4) is 16.9 Å². The van der Waals surface area contributed by atoms with E-state index in [2.05, 4.69) is 17.2 Å². The summed E-state index contributed by atoms with van der Waals surface area (Å²) in [5.41, 5.74) is 3.60. The number of benzene rings is 2. The van der Waals surface area contributed by atoms with E-state index < -0.39 is 0 Å². The first kappa shape index (κ1) is 19.0. The average Bonchev–Trinajstić information content (AvgIpc) is 3.52. The molecule has 5 rings (SSSR count). The van der Waals surface area contributed by atoms with Crippen molar-refractivity contribution in [3.05, 3.63) is 72.4 Å². The van der Waals surface area contributed by atoms with Crippen LogP contribution >= 0.6 is 0 Å². The molecule has 0 bridgehead atoms. The van der Waals surface area contributed by atoms with Gasteiger partial charge in [0.15, 0.2) is 6.29 Å². The Hall–Kier alpha value is -2.96. The predicted molar refractivity (Wildman–Crippen MR) is 113 cm³/mol. The molecule has 0 N–H and O–H groups in total. The van der Waals surface area contributed by atoms with Crippen LogP contribution in [-0.4, -0.2) is 52.7 Å². The standard InChI is InChI=1S/C24H25N3O3/c28-23(26-14-5-4-11-22(26)24-29-15-16-30-24)19-9-6-10-20(17-19)27-21(12-13-25-27)18-7-2-1-3-8-18/h1-3,6-10,12-13,17,22,24H,4-5,11,14-16H2. The van der Waals surface area contributed by atoms with Gasteiger partial charge in [-0.15, -0.1) is 0 Å². The summed E-state index contributed by atoms with van der Waals surface area (Å²) < 4.78 is 13.3. The zero-order valence-electron chi connectivity index (χ0n) is 16.8. The first-order valence-corrected chi connectivity index (χ1v) is 10.6. The van der Waals surface area contributed by atoms with Gasteiger partial charge in [0.1, 0.15) is 0 Å². The number of likely N-dealkylation sites (tertiary alicyclic amines) is 1. The lowest BCUT2D eigenvalue weighted by atomic mass is 10.00. The van der Waals surface area contributed by atoms with Crippen LogP contribution in [0.4, 0.5) is 0 Å². The van der Waals surface area contributed by atoms with Gasteiger partial charge in [0.2, 0.25) is 0 Å². The van der Waals surface area contributed by atoms with Gasteiger partial charge in [0.05, 0.1) is 36.8 Å². The summed E-state index contributed by atoms with van der Waals surface area (Å²) in [6.45, 7) is 1.93. The minimum absolute atomic E-state index is 0.0223. The number of piperidine rings is 1. The van der Waals surface area contributed by atoms with Gasteiger partial charge < -0.3 is 14.4 Å². The van der Waals surface area contributed by atoms with E-state index in [-0.39, 0.29) is 18.2 Å². The summed E-state index contributed by atoms with van der Waals surface area (Å²) in [6, 6.07) is 19.8. The van der Waals surface area contributed by atoms with Gasteiger partial charge in [0, 0.05) is 17.7 Å². The van der Waals surface area contributed by atoms with Crippen molar-refractivity contribution >= 4 is 5.91 Å². The molecule has 0 saturated carbocycles. The fourth-order valence-electron chi connectivity index (χ4n) is 4.36. The third-order valence-corrected chi connectivity index (χ3v) is 5.82. The number of carbonyl (C=O) groups is 1. The highest BCUT2D eigenvalue weighted by molar-refractivity contribution is 5.95. The van der Waals surface area contributed by atoms with Crippen LogP contribution < -0.4 is 0 Å². The molecule has 1 atom stereocenters. The van der Waals surface area contributed by atoms with Crippen molar-refractivity contribution in [2.24, 2.45) is 0 Å². The fourth-order valence-corrected chi connectivity index (χ4v) is 4.36. The van der Waals surface area contributed by atoms with Crippen LogP contribution in [0.5, 0.6) is 0 Å². The minimum Gasteiger partial charge on any atom is -0.348 e. The maximum atomic E-state index is 13.4. The Morgan fingerprint density at radius 1 is 0.967 bits per heavy atom. The largest absolute Gasteiger partial charge is 0.348 e. The van der Waals surface area contributed by atoms with Crippen molar-refractivity contribution in [2.75, 3.05) is 19.8 Å². The number of nitrogens with zero attached hydrogens (tertiary/aromatic N) is 3. The maximum absolute atomic E-state index is 13.4. The lowest BCUT2D eigenvalue weighted by Gasteiger charge is -2.38. The Morgan fingerprint density at radius 3 is 2.63 bits per heavy atom. The van der Waals surface area contributed by atoms with E-state index in [1.807, 2.05) is 58.1 Å². The lowest BCUT2D eigenvalue weighted by molar-refractivity contribution is -0.100. The highest BCUT2D eigenvalue weighted by Gasteiger charge is 2.36. The number of hydrogen-bond donors (Lipinski definition) is 0. The van der Waals surface area contributed by atoms with Crippen LogP contribution in [0.3, 0.4) is 0 Å². The van der Waals surface area contributed by atoms with Gasteiger partial charge in [0.25, 0.3) is 5.91 Å². The second-order valence-electron chi connectivity index (χ2n) is 7.72. The molecule has 2 saturated heterocycles. The summed E-state index contributed by atoms with van der Waals surface area (Å²) >= 11 is 0. The van der Waals surface area contributed by atoms with Crippen LogP contribution in [0.25, 0.3) is 16.9 Å². The molecule has 2 aliphatic heterocycles. The Morgan fingerprint density at radius 2 is 1.80 bits per heavy atom. The Kier molecular flexibility index (Phi) is 5.34. The Bertz CT molecular complexity index is 1010. The van der Waals surface area contributed by atoms with Gasteiger partial charge in [-0.3, -0.25) is 4.79 Å². The highest BCUT2D eigenvalue weighted by atomic mass is 16.7. The van der Waals surface area contributed by atoms with Crippen LogP contribution in [0.15, 0.2) is 66.9 Å². The smallest absolute Gasteiger partial charge is 0.254 e. The summed E-state index contributed by atoms with van der Waals surface area (Å²) in [5.74, 6) is 0.0223. The Labute approximate surface area is 176 Å². The monoisotopic (exact) mass is 403 g/mol. The van der Waals surface area contributed by atoms with Crippen LogP contribution in [0.2, 0.25) is 0 Å². The summed E-state index contributed by atoms with van der Waals surface area (Å²) in [5, 5.41) is 4.51. The van der Waals surface area contributed by atoms with Gasteiger partial charge in [-0.2, -0.15) is 5.10 Å². The molecule has 1 aromatic heterocycles. The second kappa shape index (κ2) is 8.42. The molecular weight excluding hydrogens is 378 g/mol. The molecule has 1 unspecified atom stereocenters. The molecule has 154 valence electrons. The zero-order valence-corrected chi connectivity index (χ0v) is 16.8. The number of aromatic nitrogens is 2. The molecule has 2 aromatic carbocycles. The molecule has 0 radical (unpaired) electrons. The van der Waals surface area contributed by atoms with E-state index >= 15 is 0 Å². The van der Waals surface area contributed by atoms with Crippen molar-refractivity contribution in [3.63, 3.8) is 0 Å². The third-order valence-electron chi connectivity index (χ3n) is 5.82. The molecular formula is C24H25N3O3. The number of hydrogen-bond acceptors (Lipinski definition) is 4. The lowest BCUT2D eigenvalue weighted by Crippen LogP contribution is -2.50. The maximum Gasteiger partial charge on any atom is 0.254 e.